The van der Waals surface area contributed by atoms with Gasteiger partial charge in [-0.05, 0) is 48.1 Å². The summed E-state index contributed by atoms with van der Waals surface area (Å²) in [6.07, 6.45) is 1.79. The first-order valence-electron chi connectivity index (χ1n) is 7.74. The zero-order valence-corrected chi connectivity index (χ0v) is 14.7. The molecule has 1 aliphatic heterocycles. The summed E-state index contributed by atoms with van der Waals surface area (Å²) < 4.78 is 0. The van der Waals surface area contributed by atoms with E-state index in [1.807, 2.05) is 42.5 Å². The standard InChI is InChI=1S/C19H17N3O2S/c1-13(23)20-15-10-8-14(9-11-15)12-17-18(24)22(19(25)21(17)2)16-6-4-3-5-7-16/h3-12H,1-2H3,(H,20,23)/b17-12+. The van der Waals surface area contributed by atoms with Gasteiger partial charge in [-0.1, -0.05) is 30.3 Å². The van der Waals surface area contributed by atoms with Crippen molar-refractivity contribution in [1.29, 1.82) is 0 Å². The number of likely N-dealkylation sites (N-methyl/N-ethyl adjacent to an activating group) is 1. The van der Waals surface area contributed by atoms with Crippen LogP contribution in [-0.2, 0) is 9.59 Å². The number of carbonyl (C=O) groups excluding carboxylic acids is 2. The second kappa shape index (κ2) is 6.86. The van der Waals surface area contributed by atoms with Crippen LogP contribution >= 0.6 is 12.2 Å². The Kier molecular flexibility index (Phi) is 4.63. The van der Waals surface area contributed by atoms with Crippen molar-refractivity contribution >= 4 is 46.6 Å². The molecule has 0 atom stereocenters. The minimum atomic E-state index is -0.162. The Hall–Kier alpha value is -2.99. The van der Waals surface area contributed by atoms with Gasteiger partial charge in [0.25, 0.3) is 5.91 Å². The summed E-state index contributed by atoms with van der Waals surface area (Å²) in [7, 11) is 1.78. The van der Waals surface area contributed by atoms with Crippen molar-refractivity contribution in [2.24, 2.45) is 0 Å². The largest absolute Gasteiger partial charge is 0.326 e. The quantitative estimate of drug-likeness (QED) is 0.681. The molecule has 0 aliphatic carbocycles. The Morgan fingerprint density at radius 2 is 1.72 bits per heavy atom. The van der Waals surface area contributed by atoms with E-state index in [0.29, 0.717) is 16.5 Å². The Bertz CT molecular complexity index is 860. The fourth-order valence-corrected chi connectivity index (χ4v) is 2.87. The topological polar surface area (TPSA) is 52.7 Å². The maximum Gasteiger partial charge on any atom is 0.281 e. The van der Waals surface area contributed by atoms with Crippen LogP contribution in [0.3, 0.4) is 0 Å². The average Bonchev–Trinajstić information content (AvgIpc) is 2.80. The third kappa shape index (κ3) is 3.44. The van der Waals surface area contributed by atoms with Gasteiger partial charge in [0.15, 0.2) is 5.11 Å². The van der Waals surface area contributed by atoms with Crippen LogP contribution in [0.5, 0.6) is 0 Å². The van der Waals surface area contributed by atoms with Gasteiger partial charge in [-0.2, -0.15) is 0 Å². The monoisotopic (exact) mass is 351 g/mol. The van der Waals surface area contributed by atoms with E-state index in [1.54, 1.807) is 30.2 Å². The molecule has 0 radical (unpaired) electrons. The number of benzene rings is 2. The third-order valence-corrected chi connectivity index (χ3v) is 4.27. The molecule has 0 bridgehead atoms. The van der Waals surface area contributed by atoms with Crippen molar-refractivity contribution in [3.8, 4) is 0 Å². The van der Waals surface area contributed by atoms with Gasteiger partial charge in [-0.15, -0.1) is 0 Å². The number of rotatable bonds is 3. The van der Waals surface area contributed by atoms with Crippen LogP contribution < -0.4 is 10.2 Å². The van der Waals surface area contributed by atoms with Crippen LogP contribution in [-0.4, -0.2) is 28.9 Å². The number of hydrogen-bond donors (Lipinski definition) is 1. The molecule has 1 N–H and O–H groups in total. The second-order valence-electron chi connectivity index (χ2n) is 5.65. The molecular weight excluding hydrogens is 334 g/mol. The Morgan fingerprint density at radius 3 is 2.32 bits per heavy atom. The molecule has 1 heterocycles. The zero-order valence-electron chi connectivity index (χ0n) is 13.9. The van der Waals surface area contributed by atoms with Gasteiger partial charge in [0, 0.05) is 19.7 Å². The van der Waals surface area contributed by atoms with Crippen molar-refractivity contribution in [1.82, 2.24) is 4.90 Å². The predicted molar refractivity (Wildman–Crippen MR) is 103 cm³/mol. The molecular formula is C19H17N3O2S. The van der Waals surface area contributed by atoms with Gasteiger partial charge in [-0.25, -0.2) is 0 Å². The number of hydrogen-bond acceptors (Lipinski definition) is 3. The molecule has 25 heavy (non-hydrogen) atoms. The molecule has 2 amide bonds. The molecule has 0 spiro atoms. The maximum atomic E-state index is 12.8. The second-order valence-corrected chi connectivity index (χ2v) is 6.02. The van der Waals surface area contributed by atoms with E-state index in [-0.39, 0.29) is 11.8 Å². The normalized spacial score (nSPS) is 15.8. The van der Waals surface area contributed by atoms with Gasteiger partial charge in [0.1, 0.15) is 5.70 Å². The van der Waals surface area contributed by atoms with Crippen molar-refractivity contribution < 1.29 is 9.59 Å². The van der Waals surface area contributed by atoms with Gasteiger partial charge in [0.05, 0.1) is 5.69 Å². The molecule has 0 unspecified atom stereocenters. The van der Waals surface area contributed by atoms with Gasteiger partial charge in [-0.3, -0.25) is 14.5 Å². The van der Waals surface area contributed by atoms with E-state index in [0.717, 1.165) is 11.3 Å². The molecule has 6 heteroatoms. The van der Waals surface area contributed by atoms with Crippen LogP contribution in [0.25, 0.3) is 6.08 Å². The predicted octanol–water partition coefficient (Wildman–Crippen LogP) is 3.25. The van der Waals surface area contributed by atoms with Gasteiger partial charge >= 0.3 is 0 Å². The zero-order chi connectivity index (χ0) is 18.0. The molecule has 2 aromatic carbocycles. The number of carbonyl (C=O) groups is 2. The number of amides is 2. The molecule has 126 valence electrons. The molecule has 0 aromatic heterocycles. The molecule has 3 rings (SSSR count). The van der Waals surface area contributed by atoms with Gasteiger partial charge < -0.3 is 10.2 Å². The fourth-order valence-electron chi connectivity index (χ4n) is 2.59. The Labute approximate surface area is 151 Å². The van der Waals surface area contributed by atoms with Crippen LogP contribution in [0.2, 0.25) is 0 Å². The lowest BCUT2D eigenvalue weighted by Gasteiger charge is -2.16. The smallest absolute Gasteiger partial charge is 0.281 e. The summed E-state index contributed by atoms with van der Waals surface area (Å²) in [6.45, 7) is 1.46. The molecule has 1 fully saturated rings. The first kappa shape index (κ1) is 16.9. The van der Waals surface area contributed by atoms with Gasteiger partial charge in [0.2, 0.25) is 5.91 Å². The number of anilines is 2. The SMILES string of the molecule is CC(=O)Nc1ccc(/C=C2\C(=O)N(c3ccccc3)C(=S)N2C)cc1. The maximum absolute atomic E-state index is 12.8. The number of nitrogens with zero attached hydrogens (tertiary/aromatic N) is 2. The van der Waals surface area contributed by atoms with Crippen molar-refractivity contribution in [2.75, 3.05) is 17.3 Å². The van der Waals surface area contributed by atoms with Crippen LogP contribution in [0, 0.1) is 0 Å². The highest BCUT2D eigenvalue weighted by atomic mass is 32.1. The summed E-state index contributed by atoms with van der Waals surface area (Å²) in [5, 5.41) is 3.15. The first-order valence-corrected chi connectivity index (χ1v) is 8.15. The molecule has 0 saturated carbocycles. The average molecular weight is 351 g/mol. The highest BCUT2D eigenvalue weighted by Gasteiger charge is 2.36. The van der Waals surface area contributed by atoms with E-state index in [9.17, 15) is 9.59 Å². The summed E-state index contributed by atoms with van der Waals surface area (Å²) in [6, 6.07) is 16.6. The Balaban J connectivity index is 1.89. The number of nitrogens with one attached hydrogen (secondary N) is 1. The third-order valence-electron chi connectivity index (χ3n) is 3.81. The summed E-state index contributed by atoms with van der Waals surface area (Å²) >= 11 is 5.43. The van der Waals surface area contributed by atoms with E-state index in [4.69, 9.17) is 12.2 Å². The van der Waals surface area contributed by atoms with Crippen LogP contribution in [0.15, 0.2) is 60.3 Å². The highest BCUT2D eigenvalue weighted by Crippen LogP contribution is 2.27. The van der Waals surface area contributed by atoms with Crippen molar-refractivity contribution in [3.05, 3.63) is 65.9 Å². The molecule has 1 saturated heterocycles. The van der Waals surface area contributed by atoms with E-state index in [2.05, 4.69) is 5.32 Å². The first-order chi connectivity index (χ1) is 12.0. The van der Waals surface area contributed by atoms with E-state index in [1.165, 1.54) is 11.8 Å². The van der Waals surface area contributed by atoms with Crippen LogP contribution in [0.4, 0.5) is 11.4 Å². The van der Waals surface area contributed by atoms with Crippen molar-refractivity contribution in [2.45, 2.75) is 6.92 Å². The lowest BCUT2D eigenvalue weighted by atomic mass is 10.1. The number of para-hydroxylation sites is 1. The van der Waals surface area contributed by atoms with Crippen molar-refractivity contribution in [3.63, 3.8) is 0 Å². The lowest BCUT2D eigenvalue weighted by Crippen LogP contribution is -2.30. The van der Waals surface area contributed by atoms with E-state index >= 15 is 0 Å². The van der Waals surface area contributed by atoms with E-state index < -0.39 is 0 Å². The number of thiocarbonyl (C=S) groups is 1. The summed E-state index contributed by atoms with van der Waals surface area (Å²) in [5.41, 5.74) is 2.80. The molecule has 1 aliphatic rings. The summed E-state index contributed by atoms with van der Waals surface area (Å²) in [5.74, 6) is -0.287. The Morgan fingerprint density at radius 1 is 1.08 bits per heavy atom. The minimum Gasteiger partial charge on any atom is -0.326 e. The fraction of sp³-hybridized carbons (Fsp3) is 0.105. The minimum absolute atomic E-state index is 0.124. The lowest BCUT2D eigenvalue weighted by molar-refractivity contribution is -0.115. The highest BCUT2D eigenvalue weighted by molar-refractivity contribution is 7.80. The molecule has 5 nitrogen and oxygen atoms in total. The van der Waals surface area contributed by atoms with Crippen LogP contribution in [0.1, 0.15) is 12.5 Å². The molecule has 2 aromatic rings. The summed E-state index contributed by atoms with van der Waals surface area (Å²) in [4.78, 5) is 27.1.